The Hall–Kier alpha value is -2.54. The first-order chi connectivity index (χ1) is 14.1. The average Bonchev–Trinajstić information content (AvgIpc) is 2.74. The lowest BCUT2D eigenvalue weighted by Crippen LogP contribution is -2.54. The minimum absolute atomic E-state index is 0.124. The van der Waals surface area contributed by atoms with Crippen LogP contribution in [-0.4, -0.2) is 51.1 Å². The Kier molecular flexibility index (Phi) is 6.04. The van der Waals surface area contributed by atoms with Gasteiger partial charge in [0.1, 0.15) is 0 Å². The van der Waals surface area contributed by atoms with Gasteiger partial charge in [-0.15, -0.1) is 0 Å². The van der Waals surface area contributed by atoms with Crippen LogP contribution in [0.25, 0.3) is 11.4 Å². The predicted molar refractivity (Wildman–Crippen MR) is 117 cm³/mol. The standard InChI is InChI=1S/C22H27N5OS/c1-15-13-18(25-22(29)24-15)14-20(28)27-11-8-16(9-12-27)19-7-10-23-21(26-19)17-5-3-2-4-6-17/h2-7,10,15-16,18H,8-9,11-14H2,1H3,(H2,24,25,29)/t15-,18+/m1/s1. The third-order valence-corrected chi connectivity index (χ3v) is 5.98. The van der Waals surface area contributed by atoms with E-state index in [1.165, 1.54) is 0 Å². The maximum absolute atomic E-state index is 12.8. The first-order valence-electron chi connectivity index (χ1n) is 10.3. The van der Waals surface area contributed by atoms with Crippen molar-refractivity contribution in [1.29, 1.82) is 0 Å². The van der Waals surface area contributed by atoms with E-state index in [4.69, 9.17) is 17.2 Å². The van der Waals surface area contributed by atoms with Crippen LogP contribution < -0.4 is 10.6 Å². The third-order valence-electron chi connectivity index (χ3n) is 5.75. The van der Waals surface area contributed by atoms with Crippen molar-refractivity contribution in [3.8, 4) is 11.4 Å². The topological polar surface area (TPSA) is 70.2 Å². The summed E-state index contributed by atoms with van der Waals surface area (Å²) in [6, 6.07) is 12.5. The molecule has 2 aliphatic heterocycles. The van der Waals surface area contributed by atoms with E-state index in [2.05, 4.69) is 22.5 Å². The molecule has 2 saturated heterocycles. The summed E-state index contributed by atoms with van der Waals surface area (Å²) in [6.45, 7) is 3.65. The summed E-state index contributed by atoms with van der Waals surface area (Å²) in [5.74, 6) is 1.35. The van der Waals surface area contributed by atoms with Gasteiger partial charge < -0.3 is 15.5 Å². The molecule has 29 heavy (non-hydrogen) atoms. The number of rotatable bonds is 4. The fourth-order valence-corrected chi connectivity index (χ4v) is 4.59. The maximum atomic E-state index is 12.8. The van der Waals surface area contributed by atoms with E-state index in [1.807, 2.05) is 47.5 Å². The van der Waals surface area contributed by atoms with Crippen LogP contribution in [0.15, 0.2) is 42.6 Å². The van der Waals surface area contributed by atoms with Gasteiger partial charge in [0, 0.05) is 55.0 Å². The molecule has 1 aromatic carbocycles. The van der Waals surface area contributed by atoms with E-state index in [1.54, 1.807) is 0 Å². The number of hydrogen-bond donors (Lipinski definition) is 2. The zero-order chi connectivity index (χ0) is 20.2. The SMILES string of the molecule is C[C@@H]1C[C@@H](CC(=O)N2CCC(c3ccnc(-c4ccccc4)n3)CC2)NC(=S)N1. The molecule has 2 fully saturated rings. The molecule has 2 aromatic rings. The van der Waals surface area contributed by atoms with Gasteiger partial charge in [0.15, 0.2) is 10.9 Å². The Labute approximate surface area is 177 Å². The summed E-state index contributed by atoms with van der Waals surface area (Å²) in [4.78, 5) is 24.0. The molecular weight excluding hydrogens is 382 g/mol. The molecule has 0 saturated carbocycles. The van der Waals surface area contributed by atoms with Crippen LogP contribution in [0.5, 0.6) is 0 Å². The minimum Gasteiger partial charge on any atom is -0.360 e. The number of nitrogens with zero attached hydrogens (tertiary/aromatic N) is 3. The van der Waals surface area contributed by atoms with Crippen LogP contribution in [0.4, 0.5) is 0 Å². The number of thiocarbonyl (C=S) groups is 1. The third kappa shape index (κ3) is 4.90. The molecule has 1 aromatic heterocycles. The Balaban J connectivity index is 1.34. The van der Waals surface area contributed by atoms with Crippen LogP contribution in [0, 0.1) is 0 Å². The number of likely N-dealkylation sites (tertiary alicyclic amines) is 1. The smallest absolute Gasteiger partial charge is 0.224 e. The quantitative estimate of drug-likeness (QED) is 0.757. The lowest BCUT2D eigenvalue weighted by Gasteiger charge is -2.35. The van der Waals surface area contributed by atoms with E-state index in [0.717, 1.165) is 49.4 Å². The normalized spacial score (nSPS) is 22.7. The number of piperidine rings is 1. The molecular formula is C22H27N5OS. The molecule has 0 bridgehead atoms. The first kappa shape index (κ1) is 19.8. The Morgan fingerprint density at radius 2 is 1.93 bits per heavy atom. The zero-order valence-electron chi connectivity index (χ0n) is 16.7. The molecule has 0 radical (unpaired) electrons. The summed E-state index contributed by atoms with van der Waals surface area (Å²) in [6.07, 6.45) is 5.12. The van der Waals surface area contributed by atoms with Gasteiger partial charge in [0.05, 0.1) is 0 Å². The van der Waals surface area contributed by atoms with E-state index in [-0.39, 0.29) is 11.9 Å². The number of nitrogens with one attached hydrogen (secondary N) is 2. The van der Waals surface area contributed by atoms with Crippen molar-refractivity contribution < 1.29 is 4.79 Å². The van der Waals surface area contributed by atoms with Crippen molar-refractivity contribution in [2.75, 3.05) is 13.1 Å². The van der Waals surface area contributed by atoms with Crippen molar-refractivity contribution in [2.45, 2.75) is 50.6 Å². The van der Waals surface area contributed by atoms with Gasteiger partial charge in [-0.1, -0.05) is 30.3 Å². The molecule has 1 amide bonds. The average molecular weight is 410 g/mol. The largest absolute Gasteiger partial charge is 0.360 e. The fourth-order valence-electron chi connectivity index (χ4n) is 4.22. The highest BCUT2D eigenvalue weighted by Crippen LogP contribution is 2.28. The van der Waals surface area contributed by atoms with Gasteiger partial charge in [-0.2, -0.15) is 0 Å². The van der Waals surface area contributed by atoms with Gasteiger partial charge in [-0.05, 0) is 44.5 Å². The van der Waals surface area contributed by atoms with Crippen LogP contribution in [0.1, 0.15) is 44.2 Å². The zero-order valence-corrected chi connectivity index (χ0v) is 17.5. The second-order valence-electron chi connectivity index (χ2n) is 7.98. The number of hydrogen-bond acceptors (Lipinski definition) is 4. The Bertz CT molecular complexity index is 867. The van der Waals surface area contributed by atoms with E-state index in [0.29, 0.717) is 23.5 Å². The van der Waals surface area contributed by atoms with Gasteiger partial charge in [0.25, 0.3) is 0 Å². The first-order valence-corrected chi connectivity index (χ1v) is 10.7. The lowest BCUT2D eigenvalue weighted by molar-refractivity contribution is -0.132. The van der Waals surface area contributed by atoms with E-state index >= 15 is 0 Å². The monoisotopic (exact) mass is 409 g/mol. The number of aromatic nitrogens is 2. The second kappa shape index (κ2) is 8.86. The number of benzene rings is 1. The molecule has 7 heteroatoms. The highest BCUT2D eigenvalue weighted by molar-refractivity contribution is 7.80. The number of carbonyl (C=O) groups is 1. The molecule has 4 rings (SSSR count). The molecule has 2 N–H and O–H groups in total. The van der Waals surface area contributed by atoms with E-state index in [9.17, 15) is 4.79 Å². The second-order valence-corrected chi connectivity index (χ2v) is 8.39. The lowest BCUT2D eigenvalue weighted by atomic mass is 9.92. The van der Waals surface area contributed by atoms with Crippen molar-refractivity contribution in [1.82, 2.24) is 25.5 Å². The van der Waals surface area contributed by atoms with Crippen LogP contribution in [0.3, 0.4) is 0 Å². The molecule has 0 spiro atoms. The summed E-state index contributed by atoms with van der Waals surface area (Å²) < 4.78 is 0. The van der Waals surface area contributed by atoms with Gasteiger partial charge in [-0.25, -0.2) is 9.97 Å². The van der Waals surface area contributed by atoms with Crippen molar-refractivity contribution >= 4 is 23.2 Å². The van der Waals surface area contributed by atoms with Crippen molar-refractivity contribution in [3.63, 3.8) is 0 Å². The predicted octanol–water partition coefficient (Wildman–Crippen LogP) is 2.86. The highest BCUT2D eigenvalue weighted by Gasteiger charge is 2.28. The van der Waals surface area contributed by atoms with Gasteiger partial charge in [-0.3, -0.25) is 4.79 Å². The Morgan fingerprint density at radius 1 is 1.17 bits per heavy atom. The molecule has 0 aliphatic carbocycles. The van der Waals surface area contributed by atoms with Gasteiger partial charge in [0.2, 0.25) is 5.91 Å². The minimum atomic E-state index is 0.124. The van der Waals surface area contributed by atoms with Crippen molar-refractivity contribution in [3.05, 3.63) is 48.3 Å². The molecule has 0 unspecified atom stereocenters. The fraction of sp³-hybridized carbons (Fsp3) is 0.455. The van der Waals surface area contributed by atoms with Crippen molar-refractivity contribution in [2.24, 2.45) is 0 Å². The van der Waals surface area contributed by atoms with Crippen LogP contribution in [0.2, 0.25) is 0 Å². The summed E-state index contributed by atoms with van der Waals surface area (Å²) >= 11 is 5.23. The van der Waals surface area contributed by atoms with Crippen LogP contribution in [-0.2, 0) is 4.79 Å². The number of carbonyl (C=O) groups excluding carboxylic acids is 1. The molecule has 3 heterocycles. The number of amides is 1. The van der Waals surface area contributed by atoms with Gasteiger partial charge >= 0.3 is 0 Å². The summed E-state index contributed by atoms with van der Waals surface area (Å²) in [5.41, 5.74) is 2.11. The summed E-state index contributed by atoms with van der Waals surface area (Å²) in [7, 11) is 0. The Morgan fingerprint density at radius 3 is 2.66 bits per heavy atom. The molecule has 152 valence electrons. The highest BCUT2D eigenvalue weighted by atomic mass is 32.1. The molecule has 6 nitrogen and oxygen atoms in total. The van der Waals surface area contributed by atoms with Crippen LogP contribution >= 0.6 is 12.2 Å². The van der Waals surface area contributed by atoms with E-state index < -0.39 is 0 Å². The summed E-state index contributed by atoms with van der Waals surface area (Å²) in [5, 5.41) is 7.07. The molecule has 2 aliphatic rings. The maximum Gasteiger partial charge on any atom is 0.224 e. The molecule has 2 atom stereocenters.